The van der Waals surface area contributed by atoms with Crippen LogP contribution in [-0.4, -0.2) is 24.2 Å². The lowest BCUT2D eigenvalue weighted by Crippen LogP contribution is -1.97. The van der Waals surface area contributed by atoms with Gasteiger partial charge in [-0.1, -0.05) is 12.2 Å². The van der Waals surface area contributed by atoms with Crippen molar-refractivity contribution in [3.63, 3.8) is 0 Å². The number of nitrogens with one attached hydrogen (secondary N) is 1. The minimum Gasteiger partial charge on any atom is -0.493 e. The molecule has 0 aliphatic heterocycles. The average Bonchev–Trinajstić information content (AvgIpc) is 2.42. The predicted molar refractivity (Wildman–Crippen MR) is 77.4 cm³/mol. The molecule has 100 valence electrons. The molecule has 2 aromatic rings. The van der Waals surface area contributed by atoms with Crippen molar-refractivity contribution in [3.8, 4) is 22.8 Å². The van der Waals surface area contributed by atoms with E-state index in [2.05, 4.69) is 9.97 Å². The van der Waals surface area contributed by atoms with E-state index in [-0.39, 0.29) is 0 Å². The lowest BCUT2D eigenvalue weighted by molar-refractivity contribution is 0.355. The van der Waals surface area contributed by atoms with Gasteiger partial charge in [-0.05, 0) is 32.0 Å². The Labute approximate surface area is 117 Å². The molecule has 5 heteroatoms. The Balaban J connectivity index is 2.59. The number of aromatic amines is 1. The molecule has 0 radical (unpaired) electrons. The summed E-state index contributed by atoms with van der Waals surface area (Å²) in [5.74, 6) is 1.35. The van der Waals surface area contributed by atoms with E-state index in [0.29, 0.717) is 16.1 Å². The molecular formula is C14H16N2O2S. The first-order valence-electron chi connectivity index (χ1n) is 5.86. The second-order valence-electron chi connectivity index (χ2n) is 4.19. The molecule has 19 heavy (non-hydrogen) atoms. The Morgan fingerprint density at radius 1 is 1.11 bits per heavy atom. The first kappa shape index (κ1) is 13.5. The number of H-pyrrole nitrogens is 1. The molecule has 0 fully saturated rings. The van der Waals surface area contributed by atoms with Gasteiger partial charge in [0.05, 0.1) is 19.9 Å². The molecule has 0 saturated heterocycles. The van der Waals surface area contributed by atoms with Gasteiger partial charge >= 0.3 is 0 Å². The van der Waals surface area contributed by atoms with Gasteiger partial charge in [-0.15, -0.1) is 0 Å². The van der Waals surface area contributed by atoms with E-state index in [4.69, 9.17) is 21.7 Å². The number of hydrogen-bond donors (Lipinski definition) is 1. The van der Waals surface area contributed by atoms with Crippen molar-refractivity contribution in [1.29, 1.82) is 0 Å². The summed E-state index contributed by atoms with van der Waals surface area (Å²) in [5.41, 5.74) is 3.56. The number of aryl methyl sites for hydroxylation is 2. The van der Waals surface area contributed by atoms with Crippen molar-refractivity contribution in [2.45, 2.75) is 13.8 Å². The molecule has 1 heterocycles. The van der Waals surface area contributed by atoms with Crippen LogP contribution in [0.15, 0.2) is 18.2 Å². The Hall–Kier alpha value is -1.88. The molecular weight excluding hydrogens is 260 g/mol. The SMILES string of the molecule is COc1ccc(-c2nc(C)c(C)[nH]c2=S)cc1OC. The van der Waals surface area contributed by atoms with Gasteiger partial charge in [0.1, 0.15) is 10.3 Å². The summed E-state index contributed by atoms with van der Waals surface area (Å²) in [7, 11) is 3.22. The zero-order chi connectivity index (χ0) is 14.0. The quantitative estimate of drug-likeness (QED) is 0.872. The summed E-state index contributed by atoms with van der Waals surface area (Å²) in [5, 5.41) is 0. The van der Waals surface area contributed by atoms with Gasteiger partial charge in [0.15, 0.2) is 11.5 Å². The summed E-state index contributed by atoms with van der Waals surface area (Å²) in [6.45, 7) is 3.90. The maximum absolute atomic E-state index is 5.33. The summed E-state index contributed by atoms with van der Waals surface area (Å²) < 4.78 is 11.1. The molecule has 0 amide bonds. The zero-order valence-electron chi connectivity index (χ0n) is 11.4. The molecule has 0 spiro atoms. The van der Waals surface area contributed by atoms with Crippen LogP contribution >= 0.6 is 12.2 Å². The fourth-order valence-corrected chi connectivity index (χ4v) is 2.12. The lowest BCUT2D eigenvalue weighted by Gasteiger charge is -2.10. The smallest absolute Gasteiger partial charge is 0.161 e. The topological polar surface area (TPSA) is 47.1 Å². The third-order valence-electron chi connectivity index (χ3n) is 3.00. The van der Waals surface area contributed by atoms with Crippen molar-refractivity contribution in [3.05, 3.63) is 34.2 Å². The fraction of sp³-hybridized carbons (Fsp3) is 0.286. The number of methoxy groups -OCH3 is 2. The maximum Gasteiger partial charge on any atom is 0.161 e. The van der Waals surface area contributed by atoms with Crippen LogP contribution in [-0.2, 0) is 0 Å². The third-order valence-corrected chi connectivity index (χ3v) is 3.29. The van der Waals surface area contributed by atoms with Crippen LogP contribution < -0.4 is 9.47 Å². The first-order chi connectivity index (χ1) is 9.06. The van der Waals surface area contributed by atoms with E-state index in [1.165, 1.54) is 0 Å². The minimum atomic E-state index is 0.621. The molecule has 1 aromatic heterocycles. The van der Waals surface area contributed by atoms with E-state index < -0.39 is 0 Å². The largest absolute Gasteiger partial charge is 0.493 e. The number of rotatable bonds is 3. The average molecular weight is 276 g/mol. The fourth-order valence-electron chi connectivity index (χ4n) is 1.80. The Morgan fingerprint density at radius 3 is 2.42 bits per heavy atom. The standard InChI is InChI=1S/C14H16N2O2S/c1-8-9(2)16-14(19)13(15-8)10-5-6-11(17-3)12(7-10)18-4/h5-7H,1-4H3,(H,16,19). The van der Waals surface area contributed by atoms with Crippen molar-refractivity contribution in [1.82, 2.24) is 9.97 Å². The number of hydrogen-bond acceptors (Lipinski definition) is 4. The highest BCUT2D eigenvalue weighted by Crippen LogP contribution is 2.31. The minimum absolute atomic E-state index is 0.621. The molecule has 0 saturated carbocycles. The number of ether oxygens (including phenoxy) is 2. The Bertz CT molecular complexity index is 665. The Morgan fingerprint density at radius 2 is 1.79 bits per heavy atom. The molecule has 1 N–H and O–H groups in total. The first-order valence-corrected chi connectivity index (χ1v) is 6.27. The summed E-state index contributed by atoms with van der Waals surface area (Å²) in [6.07, 6.45) is 0. The molecule has 1 aromatic carbocycles. The van der Waals surface area contributed by atoms with Crippen molar-refractivity contribution in [2.24, 2.45) is 0 Å². The molecule has 0 aliphatic rings. The summed E-state index contributed by atoms with van der Waals surface area (Å²) in [4.78, 5) is 7.69. The van der Waals surface area contributed by atoms with Gasteiger partial charge in [-0.25, -0.2) is 4.98 Å². The number of benzene rings is 1. The van der Waals surface area contributed by atoms with E-state index in [0.717, 1.165) is 22.6 Å². The third kappa shape index (κ3) is 2.61. The maximum atomic E-state index is 5.33. The molecule has 4 nitrogen and oxygen atoms in total. The van der Waals surface area contributed by atoms with Crippen LogP contribution in [0.2, 0.25) is 0 Å². The molecule has 2 rings (SSSR count). The molecule has 0 aliphatic carbocycles. The second-order valence-corrected chi connectivity index (χ2v) is 4.60. The highest BCUT2D eigenvalue weighted by atomic mass is 32.1. The summed E-state index contributed by atoms with van der Waals surface area (Å²) >= 11 is 5.33. The molecule has 0 bridgehead atoms. The van der Waals surface area contributed by atoms with Crippen LogP contribution in [0.4, 0.5) is 0 Å². The van der Waals surface area contributed by atoms with Crippen molar-refractivity contribution >= 4 is 12.2 Å². The summed E-state index contributed by atoms with van der Waals surface area (Å²) in [6, 6.07) is 5.64. The van der Waals surface area contributed by atoms with E-state index in [9.17, 15) is 0 Å². The van der Waals surface area contributed by atoms with Crippen molar-refractivity contribution in [2.75, 3.05) is 14.2 Å². The van der Waals surface area contributed by atoms with Gasteiger partial charge in [0, 0.05) is 11.3 Å². The van der Waals surface area contributed by atoms with Gasteiger partial charge in [-0.3, -0.25) is 0 Å². The highest BCUT2D eigenvalue weighted by molar-refractivity contribution is 7.71. The van der Waals surface area contributed by atoms with Gasteiger partial charge < -0.3 is 14.5 Å². The van der Waals surface area contributed by atoms with E-state index in [1.54, 1.807) is 14.2 Å². The van der Waals surface area contributed by atoms with E-state index in [1.807, 2.05) is 32.0 Å². The van der Waals surface area contributed by atoms with Crippen LogP contribution in [0.3, 0.4) is 0 Å². The lowest BCUT2D eigenvalue weighted by atomic mass is 10.1. The van der Waals surface area contributed by atoms with Crippen LogP contribution in [0.1, 0.15) is 11.4 Å². The Kier molecular flexibility index (Phi) is 3.85. The second kappa shape index (κ2) is 5.40. The molecule has 0 atom stereocenters. The highest BCUT2D eigenvalue weighted by Gasteiger charge is 2.09. The van der Waals surface area contributed by atoms with Crippen LogP contribution in [0.5, 0.6) is 11.5 Å². The van der Waals surface area contributed by atoms with Crippen molar-refractivity contribution < 1.29 is 9.47 Å². The monoisotopic (exact) mass is 276 g/mol. The van der Waals surface area contributed by atoms with Gasteiger partial charge in [-0.2, -0.15) is 0 Å². The predicted octanol–water partition coefficient (Wildman–Crippen LogP) is 3.44. The molecule has 0 unspecified atom stereocenters. The zero-order valence-corrected chi connectivity index (χ0v) is 12.2. The number of nitrogens with zero attached hydrogens (tertiary/aromatic N) is 1. The van der Waals surface area contributed by atoms with Gasteiger partial charge in [0.25, 0.3) is 0 Å². The van der Waals surface area contributed by atoms with Gasteiger partial charge in [0.2, 0.25) is 0 Å². The van der Waals surface area contributed by atoms with Crippen LogP contribution in [0.25, 0.3) is 11.3 Å². The number of aromatic nitrogens is 2. The van der Waals surface area contributed by atoms with Crippen LogP contribution in [0, 0.1) is 18.5 Å². The van der Waals surface area contributed by atoms with E-state index >= 15 is 0 Å². The normalized spacial score (nSPS) is 10.3.